The molecule has 2 aromatic carbocycles. The number of carbonyl (C=O) groups is 1. The van der Waals surface area contributed by atoms with E-state index in [0.29, 0.717) is 27.4 Å². The Balaban J connectivity index is 2.61. The molecule has 0 unspecified atom stereocenters. The van der Waals surface area contributed by atoms with E-state index in [-0.39, 0.29) is 5.75 Å². The second kappa shape index (κ2) is 5.93. The van der Waals surface area contributed by atoms with Gasteiger partial charge < -0.3 is 4.74 Å². The van der Waals surface area contributed by atoms with Gasteiger partial charge in [0, 0.05) is 11.1 Å². The van der Waals surface area contributed by atoms with Gasteiger partial charge in [0.1, 0.15) is 5.75 Å². The van der Waals surface area contributed by atoms with Crippen molar-refractivity contribution in [2.24, 2.45) is 0 Å². The van der Waals surface area contributed by atoms with Crippen molar-refractivity contribution in [2.75, 3.05) is 0 Å². The predicted molar refractivity (Wildman–Crippen MR) is 71.6 cm³/mol. The molecule has 2 rings (SSSR count). The molecule has 5 heteroatoms. The zero-order valence-electron chi connectivity index (χ0n) is 9.65. The van der Waals surface area contributed by atoms with E-state index in [1.54, 1.807) is 42.5 Å². The van der Waals surface area contributed by atoms with Crippen LogP contribution in [0.25, 0.3) is 11.1 Å². The van der Waals surface area contributed by atoms with Gasteiger partial charge in [-0.3, -0.25) is 4.79 Å². The molecule has 2 aromatic rings. The third-order valence-corrected chi connectivity index (χ3v) is 3.18. The van der Waals surface area contributed by atoms with E-state index < -0.39 is 6.61 Å². The van der Waals surface area contributed by atoms with Gasteiger partial charge in [-0.05, 0) is 27.6 Å². The lowest BCUT2D eigenvalue weighted by atomic mass is 10.00. The summed E-state index contributed by atoms with van der Waals surface area (Å²) < 4.78 is 29.9. The molecule has 0 aliphatic rings. The molecule has 0 saturated carbocycles. The minimum absolute atomic E-state index is 0.0202. The van der Waals surface area contributed by atoms with Crippen LogP contribution in [0, 0.1) is 0 Å². The number of hydrogen-bond acceptors (Lipinski definition) is 2. The molecule has 19 heavy (non-hydrogen) atoms. The second-order valence-corrected chi connectivity index (χ2v) is 4.55. The van der Waals surface area contributed by atoms with Crippen LogP contribution in [0.5, 0.6) is 5.75 Å². The van der Waals surface area contributed by atoms with Crippen LogP contribution in [0.4, 0.5) is 8.78 Å². The van der Waals surface area contributed by atoms with Crippen molar-refractivity contribution in [1.82, 2.24) is 0 Å². The van der Waals surface area contributed by atoms with Crippen LogP contribution in [0.3, 0.4) is 0 Å². The normalized spacial score (nSPS) is 10.5. The maximum atomic E-state index is 12.5. The summed E-state index contributed by atoms with van der Waals surface area (Å²) in [4.78, 5) is 11.0. The third-order valence-electron chi connectivity index (χ3n) is 2.55. The van der Waals surface area contributed by atoms with Crippen LogP contribution >= 0.6 is 15.9 Å². The minimum Gasteiger partial charge on any atom is -0.433 e. The fourth-order valence-corrected chi connectivity index (χ4v) is 2.23. The Hall–Kier alpha value is -1.75. The third kappa shape index (κ3) is 2.98. The maximum absolute atomic E-state index is 12.5. The van der Waals surface area contributed by atoms with E-state index in [2.05, 4.69) is 20.7 Å². The van der Waals surface area contributed by atoms with Gasteiger partial charge >= 0.3 is 6.61 Å². The van der Waals surface area contributed by atoms with E-state index >= 15 is 0 Å². The molecule has 0 aliphatic carbocycles. The summed E-state index contributed by atoms with van der Waals surface area (Å²) in [6, 6.07) is 11.7. The Kier molecular flexibility index (Phi) is 4.27. The highest BCUT2D eigenvalue weighted by Crippen LogP contribution is 2.38. The number of rotatable bonds is 4. The molecule has 0 aliphatic heterocycles. The van der Waals surface area contributed by atoms with Gasteiger partial charge in [-0.15, -0.1) is 0 Å². The Morgan fingerprint density at radius 3 is 2.42 bits per heavy atom. The van der Waals surface area contributed by atoms with Crippen molar-refractivity contribution in [1.29, 1.82) is 0 Å². The number of hydrogen-bond donors (Lipinski definition) is 0. The highest BCUT2D eigenvalue weighted by atomic mass is 79.9. The molecule has 0 N–H and O–H groups in total. The smallest absolute Gasteiger partial charge is 0.387 e. The Bertz CT molecular complexity index is 600. The van der Waals surface area contributed by atoms with E-state index in [1.807, 2.05) is 0 Å². The first-order valence-corrected chi connectivity index (χ1v) is 6.20. The highest BCUT2D eigenvalue weighted by molar-refractivity contribution is 9.10. The topological polar surface area (TPSA) is 26.3 Å². The number of ether oxygens (including phenoxy) is 1. The number of aldehydes is 1. The summed E-state index contributed by atoms with van der Waals surface area (Å²) >= 11 is 3.17. The number of halogens is 3. The summed E-state index contributed by atoms with van der Waals surface area (Å²) in [6.45, 7) is -2.93. The maximum Gasteiger partial charge on any atom is 0.387 e. The second-order valence-electron chi connectivity index (χ2n) is 3.70. The molecule has 0 radical (unpaired) electrons. The standard InChI is InChI=1S/C14H9BrF2O2/c15-12-7-3-6-11(13(12)19-14(16)17)10-5-2-1-4-9(10)8-18/h1-8,14H. The minimum atomic E-state index is -2.93. The SMILES string of the molecule is O=Cc1ccccc1-c1cccc(Br)c1OC(F)F. The lowest BCUT2D eigenvalue weighted by Crippen LogP contribution is -2.04. The molecule has 0 atom stereocenters. The zero-order chi connectivity index (χ0) is 13.8. The number of carbonyl (C=O) groups excluding carboxylic acids is 1. The van der Waals surface area contributed by atoms with Crippen LogP contribution in [0.1, 0.15) is 10.4 Å². The van der Waals surface area contributed by atoms with Crippen molar-refractivity contribution in [3.05, 3.63) is 52.5 Å². The molecule has 0 fully saturated rings. The zero-order valence-corrected chi connectivity index (χ0v) is 11.2. The average Bonchev–Trinajstić information content (AvgIpc) is 2.40. The van der Waals surface area contributed by atoms with Crippen molar-refractivity contribution >= 4 is 22.2 Å². The predicted octanol–water partition coefficient (Wildman–Crippen LogP) is 4.53. The molecular formula is C14H9BrF2O2. The van der Waals surface area contributed by atoms with Gasteiger partial charge in [-0.25, -0.2) is 0 Å². The first-order chi connectivity index (χ1) is 9.13. The van der Waals surface area contributed by atoms with Crippen LogP contribution in [-0.4, -0.2) is 12.9 Å². The van der Waals surface area contributed by atoms with E-state index in [1.165, 1.54) is 0 Å². The number of alkyl halides is 2. The van der Waals surface area contributed by atoms with Gasteiger partial charge in [-0.1, -0.05) is 36.4 Å². The molecule has 0 spiro atoms. The Morgan fingerprint density at radius 2 is 1.74 bits per heavy atom. The van der Waals surface area contributed by atoms with Gasteiger partial charge in [0.05, 0.1) is 4.47 Å². The summed E-state index contributed by atoms with van der Waals surface area (Å²) in [5.74, 6) is 0.0202. The fourth-order valence-electron chi connectivity index (χ4n) is 1.77. The molecule has 2 nitrogen and oxygen atoms in total. The van der Waals surface area contributed by atoms with Crippen molar-refractivity contribution < 1.29 is 18.3 Å². The summed E-state index contributed by atoms with van der Waals surface area (Å²) in [5, 5.41) is 0. The van der Waals surface area contributed by atoms with Crippen LogP contribution in [0.2, 0.25) is 0 Å². The lowest BCUT2D eigenvalue weighted by Gasteiger charge is -2.13. The fraction of sp³-hybridized carbons (Fsp3) is 0.0714. The lowest BCUT2D eigenvalue weighted by molar-refractivity contribution is -0.0499. The summed E-state index contributed by atoms with van der Waals surface area (Å²) in [7, 11) is 0. The molecule has 0 bridgehead atoms. The molecule has 0 heterocycles. The van der Waals surface area contributed by atoms with Crippen molar-refractivity contribution in [3.63, 3.8) is 0 Å². The quantitative estimate of drug-likeness (QED) is 0.771. The Morgan fingerprint density at radius 1 is 1.05 bits per heavy atom. The van der Waals surface area contributed by atoms with Crippen molar-refractivity contribution in [2.45, 2.75) is 6.61 Å². The van der Waals surface area contributed by atoms with Crippen molar-refractivity contribution in [3.8, 4) is 16.9 Å². The summed E-state index contributed by atoms with van der Waals surface area (Å²) in [6.07, 6.45) is 0.683. The van der Waals surface area contributed by atoms with Gasteiger partial charge in [-0.2, -0.15) is 8.78 Å². The summed E-state index contributed by atoms with van der Waals surface area (Å²) in [5.41, 5.74) is 1.41. The van der Waals surface area contributed by atoms with Gasteiger partial charge in [0.2, 0.25) is 0 Å². The molecule has 98 valence electrons. The first kappa shape index (κ1) is 13.7. The molecular weight excluding hydrogens is 318 g/mol. The molecule has 0 saturated heterocycles. The molecule has 0 amide bonds. The average molecular weight is 327 g/mol. The largest absolute Gasteiger partial charge is 0.433 e. The van der Waals surface area contributed by atoms with E-state index in [4.69, 9.17) is 0 Å². The highest BCUT2D eigenvalue weighted by Gasteiger charge is 2.16. The number of benzene rings is 2. The van der Waals surface area contributed by atoms with Crippen LogP contribution in [-0.2, 0) is 0 Å². The van der Waals surface area contributed by atoms with Crippen LogP contribution in [0.15, 0.2) is 46.9 Å². The van der Waals surface area contributed by atoms with Gasteiger partial charge in [0.15, 0.2) is 6.29 Å². The van der Waals surface area contributed by atoms with E-state index in [0.717, 1.165) is 0 Å². The Labute approximate surface area is 117 Å². The van der Waals surface area contributed by atoms with Crippen LogP contribution < -0.4 is 4.74 Å². The first-order valence-electron chi connectivity index (χ1n) is 5.41. The molecule has 0 aromatic heterocycles. The monoisotopic (exact) mass is 326 g/mol. The van der Waals surface area contributed by atoms with Gasteiger partial charge in [0.25, 0.3) is 0 Å². The van der Waals surface area contributed by atoms with E-state index in [9.17, 15) is 13.6 Å². The number of para-hydroxylation sites is 1.